The fourth-order valence-electron chi connectivity index (χ4n) is 1.95. The number of nitrogens with one attached hydrogen (secondary N) is 1. The number of nitrogens with zero attached hydrogens (tertiary/aromatic N) is 2. The first-order valence-electron chi connectivity index (χ1n) is 6.82. The number of pyridine rings is 1. The van der Waals surface area contributed by atoms with Gasteiger partial charge in [-0.25, -0.2) is 0 Å². The molecule has 0 bridgehead atoms. The quantitative estimate of drug-likeness (QED) is 0.648. The van der Waals surface area contributed by atoms with E-state index in [0.717, 1.165) is 22.3 Å². The topological polar surface area (TPSA) is 82.5 Å². The fourth-order valence-corrected chi connectivity index (χ4v) is 3.13. The van der Waals surface area contributed by atoms with Crippen LogP contribution >= 0.6 is 24.0 Å². The van der Waals surface area contributed by atoms with Gasteiger partial charge in [-0.05, 0) is 60.3 Å². The lowest BCUT2D eigenvalue weighted by molar-refractivity contribution is -0.123. The van der Waals surface area contributed by atoms with Gasteiger partial charge in [0.2, 0.25) is 0 Å². The minimum absolute atomic E-state index is 0.0532. The molecule has 0 spiro atoms. The van der Waals surface area contributed by atoms with E-state index in [1.807, 2.05) is 0 Å². The Balaban J connectivity index is 1.76. The summed E-state index contributed by atoms with van der Waals surface area (Å²) in [4.78, 5) is 28.9. The van der Waals surface area contributed by atoms with Gasteiger partial charge in [0.15, 0.2) is 4.32 Å². The largest absolute Gasteiger partial charge is 0.508 e. The molecule has 6 nitrogen and oxygen atoms in total. The summed E-state index contributed by atoms with van der Waals surface area (Å²) in [6.45, 7) is 0. The summed E-state index contributed by atoms with van der Waals surface area (Å²) in [5, 5.41) is 10.3. The number of carbonyl (C=O) groups excluding carboxylic acids is 2. The molecule has 3 rings (SSSR count). The Morgan fingerprint density at radius 1 is 1.21 bits per heavy atom. The molecule has 1 fully saturated rings. The van der Waals surface area contributed by atoms with Crippen molar-refractivity contribution in [2.75, 3.05) is 0 Å². The van der Waals surface area contributed by atoms with Gasteiger partial charge < -0.3 is 5.11 Å². The van der Waals surface area contributed by atoms with E-state index in [1.165, 1.54) is 24.3 Å². The second-order valence-corrected chi connectivity index (χ2v) is 6.46. The van der Waals surface area contributed by atoms with Crippen molar-refractivity contribution in [1.29, 1.82) is 0 Å². The van der Waals surface area contributed by atoms with Crippen molar-refractivity contribution in [3.05, 3.63) is 64.8 Å². The molecule has 0 saturated carbocycles. The second-order valence-electron chi connectivity index (χ2n) is 4.79. The Kier molecular flexibility index (Phi) is 4.59. The van der Waals surface area contributed by atoms with Gasteiger partial charge in [-0.1, -0.05) is 11.8 Å². The maximum absolute atomic E-state index is 12.4. The first-order valence-corrected chi connectivity index (χ1v) is 8.05. The lowest BCUT2D eigenvalue weighted by atomic mass is 10.2. The van der Waals surface area contributed by atoms with E-state index >= 15 is 0 Å². The van der Waals surface area contributed by atoms with E-state index < -0.39 is 11.8 Å². The normalized spacial score (nSPS) is 15.8. The van der Waals surface area contributed by atoms with Crippen LogP contribution in [0, 0.1) is 0 Å². The third-order valence-electron chi connectivity index (χ3n) is 3.14. The maximum atomic E-state index is 12.4. The van der Waals surface area contributed by atoms with Crippen LogP contribution in [0.25, 0.3) is 6.08 Å². The molecule has 2 aromatic rings. The summed E-state index contributed by atoms with van der Waals surface area (Å²) in [5.74, 6) is -0.831. The number of phenolic OH excluding ortho intramolecular Hbond substituents is 1. The lowest BCUT2D eigenvalue weighted by Crippen LogP contribution is -2.44. The molecule has 1 aliphatic heterocycles. The van der Waals surface area contributed by atoms with E-state index in [9.17, 15) is 14.7 Å². The van der Waals surface area contributed by atoms with Crippen molar-refractivity contribution >= 4 is 46.2 Å². The molecule has 1 aromatic heterocycles. The Labute approximate surface area is 147 Å². The van der Waals surface area contributed by atoms with Crippen LogP contribution < -0.4 is 5.43 Å². The number of phenols is 1. The molecule has 1 aromatic carbocycles. The number of hydrazine groups is 1. The predicted octanol–water partition coefficient (Wildman–Crippen LogP) is 2.33. The monoisotopic (exact) mass is 357 g/mol. The third-order valence-corrected chi connectivity index (χ3v) is 4.44. The van der Waals surface area contributed by atoms with Crippen molar-refractivity contribution in [1.82, 2.24) is 15.4 Å². The summed E-state index contributed by atoms with van der Waals surface area (Å²) in [6, 6.07) is 9.22. The Morgan fingerprint density at radius 3 is 2.54 bits per heavy atom. The zero-order valence-electron chi connectivity index (χ0n) is 12.2. The number of thioether (sulfide) groups is 1. The van der Waals surface area contributed by atoms with E-state index in [0.29, 0.717) is 10.5 Å². The van der Waals surface area contributed by atoms with E-state index in [-0.39, 0.29) is 10.1 Å². The average Bonchev–Trinajstić information content (AvgIpc) is 2.84. The molecule has 0 radical (unpaired) electrons. The highest BCUT2D eigenvalue weighted by Gasteiger charge is 2.33. The lowest BCUT2D eigenvalue weighted by Gasteiger charge is -2.15. The molecular weight excluding hydrogens is 346 g/mol. The van der Waals surface area contributed by atoms with Gasteiger partial charge in [0.05, 0.1) is 4.91 Å². The number of amides is 2. The molecule has 0 aliphatic carbocycles. The van der Waals surface area contributed by atoms with E-state index in [1.54, 1.807) is 30.6 Å². The third kappa shape index (κ3) is 3.44. The summed E-state index contributed by atoms with van der Waals surface area (Å²) in [7, 11) is 0. The highest BCUT2D eigenvalue weighted by atomic mass is 32.2. The Bertz CT molecular complexity index is 835. The summed E-state index contributed by atoms with van der Waals surface area (Å²) >= 11 is 6.27. The van der Waals surface area contributed by atoms with Crippen molar-refractivity contribution < 1.29 is 14.7 Å². The minimum Gasteiger partial charge on any atom is -0.508 e. The van der Waals surface area contributed by atoms with Crippen LogP contribution in [0.1, 0.15) is 15.9 Å². The van der Waals surface area contributed by atoms with Gasteiger partial charge in [-0.2, -0.15) is 5.01 Å². The molecule has 8 heteroatoms. The van der Waals surface area contributed by atoms with Gasteiger partial charge in [-0.15, -0.1) is 0 Å². The number of rotatable bonds is 3. The van der Waals surface area contributed by atoms with Gasteiger partial charge in [0.25, 0.3) is 11.8 Å². The zero-order chi connectivity index (χ0) is 17.1. The van der Waals surface area contributed by atoms with Crippen LogP contribution in [0.5, 0.6) is 5.75 Å². The number of thiocarbonyl (C=S) groups is 1. The molecular formula is C16H11N3O3S2. The Hall–Kier alpha value is -2.71. The summed E-state index contributed by atoms with van der Waals surface area (Å²) in [6.07, 6.45) is 4.94. The van der Waals surface area contributed by atoms with Crippen LogP contribution in [0.15, 0.2) is 53.7 Å². The van der Waals surface area contributed by atoms with Crippen molar-refractivity contribution in [2.45, 2.75) is 0 Å². The average molecular weight is 357 g/mol. The number of hydrogen-bond donors (Lipinski definition) is 2. The SMILES string of the molecule is O=C(NN1C(=O)/C(=C/c2ccncc2)SC1=S)c1ccc(O)cc1. The molecule has 2 N–H and O–H groups in total. The van der Waals surface area contributed by atoms with Crippen LogP contribution in [-0.2, 0) is 4.79 Å². The fraction of sp³-hybridized carbons (Fsp3) is 0. The second kappa shape index (κ2) is 6.81. The highest BCUT2D eigenvalue weighted by molar-refractivity contribution is 8.26. The van der Waals surface area contributed by atoms with Crippen LogP contribution in [0.2, 0.25) is 0 Å². The Morgan fingerprint density at radius 2 is 1.88 bits per heavy atom. The standard InChI is InChI=1S/C16H11N3O3S2/c20-12-3-1-11(2-4-12)14(21)18-19-15(22)13(24-16(19)23)9-10-5-7-17-8-6-10/h1-9,20H,(H,18,21)/b13-9-. The maximum Gasteiger partial charge on any atom is 0.285 e. The number of carbonyl (C=O) groups is 2. The minimum atomic E-state index is -0.489. The van der Waals surface area contributed by atoms with E-state index in [2.05, 4.69) is 10.4 Å². The van der Waals surface area contributed by atoms with Crippen molar-refractivity contribution in [2.24, 2.45) is 0 Å². The van der Waals surface area contributed by atoms with Gasteiger partial charge in [-0.3, -0.25) is 20.0 Å². The molecule has 0 atom stereocenters. The molecule has 2 amide bonds. The van der Waals surface area contributed by atoms with Crippen molar-refractivity contribution in [3.63, 3.8) is 0 Å². The van der Waals surface area contributed by atoms with Crippen LogP contribution in [-0.4, -0.2) is 31.2 Å². The molecule has 1 aliphatic rings. The number of aromatic nitrogens is 1. The smallest absolute Gasteiger partial charge is 0.285 e. The van der Waals surface area contributed by atoms with Gasteiger partial charge >= 0.3 is 0 Å². The van der Waals surface area contributed by atoms with Crippen LogP contribution in [0.3, 0.4) is 0 Å². The summed E-state index contributed by atoms with van der Waals surface area (Å²) < 4.78 is 0.243. The zero-order valence-corrected chi connectivity index (χ0v) is 13.8. The number of aromatic hydroxyl groups is 1. The first-order chi connectivity index (χ1) is 11.5. The molecule has 120 valence electrons. The van der Waals surface area contributed by atoms with E-state index in [4.69, 9.17) is 12.2 Å². The van der Waals surface area contributed by atoms with Crippen molar-refractivity contribution in [3.8, 4) is 5.75 Å². The number of hydrogen-bond acceptors (Lipinski definition) is 6. The molecule has 0 unspecified atom stereocenters. The van der Waals surface area contributed by atoms with Gasteiger partial charge in [0, 0.05) is 18.0 Å². The molecule has 2 heterocycles. The molecule has 1 saturated heterocycles. The van der Waals surface area contributed by atoms with Crippen LogP contribution in [0.4, 0.5) is 0 Å². The summed E-state index contributed by atoms with van der Waals surface area (Å²) in [5.41, 5.74) is 3.60. The first kappa shape index (κ1) is 16.2. The number of benzene rings is 1. The highest BCUT2D eigenvalue weighted by Crippen LogP contribution is 2.31. The van der Waals surface area contributed by atoms with Gasteiger partial charge in [0.1, 0.15) is 5.75 Å². The molecule has 24 heavy (non-hydrogen) atoms. The predicted molar refractivity (Wildman–Crippen MR) is 94.8 cm³/mol.